The number of hydrogen-bond donors (Lipinski definition) is 2. The molecule has 1 heterocycles. The predicted molar refractivity (Wildman–Crippen MR) is 68.9 cm³/mol. The van der Waals surface area contributed by atoms with Gasteiger partial charge in [0.2, 0.25) is 0 Å². The van der Waals surface area contributed by atoms with Crippen molar-refractivity contribution in [3.63, 3.8) is 0 Å². The summed E-state index contributed by atoms with van der Waals surface area (Å²) in [7, 11) is 0. The van der Waals surface area contributed by atoms with E-state index in [2.05, 4.69) is 9.97 Å². The fourth-order valence-electron chi connectivity index (χ4n) is 2.73. The van der Waals surface area contributed by atoms with E-state index in [1.54, 1.807) is 18.2 Å². The average Bonchev–Trinajstić information content (AvgIpc) is 2.82. The summed E-state index contributed by atoms with van der Waals surface area (Å²) in [4.78, 5) is 18.8. The van der Waals surface area contributed by atoms with Gasteiger partial charge in [-0.3, -0.25) is 0 Å². The smallest absolute Gasteiger partial charge is 0.335 e. The lowest BCUT2D eigenvalue weighted by Gasteiger charge is -2.18. The molecule has 1 aliphatic carbocycles. The lowest BCUT2D eigenvalue weighted by atomic mass is 9.89. The van der Waals surface area contributed by atoms with Gasteiger partial charge in [0.25, 0.3) is 0 Å². The summed E-state index contributed by atoms with van der Waals surface area (Å²) in [5.74, 6) is 0.636. The van der Waals surface area contributed by atoms with Crippen molar-refractivity contribution in [1.29, 1.82) is 0 Å². The third-order valence-corrected chi connectivity index (χ3v) is 3.74. The Morgan fingerprint density at radius 3 is 2.68 bits per heavy atom. The summed E-state index contributed by atoms with van der Waals surface area (Å²) in [6.07, 6.45) is 6.22. The van der Waals surface area contributed by atoms with Gasteiger partial charge in [-0.1, -0.05) is 19.3 Å². The molecule has 2 aromatic rings. The Bertz CT molecular complexity index is 588. The summed E-state index contributed by atoms with van der Waals surface area (Å²) in [6.45, 7) is 0. The number of aromatic carboxylic acids is 1. The fourth-order valence-corrected chi connectivity index (χ4v) is 2.73. The Balaban J connectivity index is 0.00000133. The number of H-pyrrole nitrogens is 1. The van der Waals surface area contributed by atoms with Crippen molar-refractivity contribution in [3.05, 3.63) is 29.6 Å². The maximum absolute atomic E-state index is 10.9. The minimum atomic E-state index is -0.897. The van der Waals surface area contributed by atoms with Crippen LogP contribution in [0.5, 0.6) is 0 Å². The molecule has 0 spiro atoms. The van der Waals surface area contributed by atoms with Crippen LogP contribution in [0.25, 0.3) is 11.0 Å². The first-order valence-corrected chi connectivity index (χ1v) is 6.47. The molecule has 0 unspecified atom stereocenters. The number of carboxylic acid groups (broad SMARTS) is 1. The highest BCUT2D eigenvalue weighted by Gasteiger charge is 2.19. The van der Waals surface area contributed by atoms with E-state index in [-0.39, 0.29) is 12.4 Å². The van der Waals surface area contributed by atoms with Crippen molar-refractivity contribution in [2.45, 2.75) is 38.0 Å². The van der Waals surface area contributed by atoms with Crippen molar-refractivity contribution in [2.24, 2.45) is 0 Å². The molecule has 3 rings (SSSR count). The lowest BCUT2D eigenvalue weighted by Crippen LogP contribution is -3.00. The van der Waals surface area contributed by atoms with Crippen LogP contribution in [-0.2, 0) is 0 Å². The minimum Gasteiger partial charge on any atom is -1.00 e. The van der Waals surface area contributed by atoms with Crippen LogP contribution in [0.4, 0.5) is 0 Å². The van der Waals surface area contributed by atoms with Crippen molar-refractivity contribution in [3.8, 4) is 0 Å². The highest BCUT2D eigenvalue weighted by Crippen LogP contribution is 2.32. The molecule has 5 heteroatoms. The fraction of sp³-hybridized carbons (Fsp3) is 0.429. The summed E-state index contributed by atoms with van der Waals surface area (Å²) in [5.41, 5.74) is 2.00. The number of aromatic amines is 1. The van der Waals surface area contributed by atoms with E-state index in [0.29, 0.717) is 11.5 Å². The van der Waals surface area contributed by atoms with E-state index >= 15 is 0 Å². The van der Waals surface area contributed by atoms with Gasteiger partial charge in [0, 0.05) is 5.92 Å². The molecule has 0 saturated heterocycles. The third kappa shape index (κ3) is 2.73. The second kappa shape index (κ2) is 5.61. The zero-order chi connectivity index (χ0) is 12.5. The van der Waals surface area contributed by atoms with Crippen LogP contribution in [0.15, 0.2) is 18.2 Å². The summed E-state index contributed by atoms with van der Waals surface area (Å²) in [5, 5.41) is 8.97. The van der Waals surface area contributed by atoms with E-state index in [4.69, 9.17) is 5.11 Å². The zero-order valence-electron chi connectivity index (χ0n) is 10.5. The second-order valence-electron chi connectivity index (χ2n) is 4.99. The number of carbonyl (C=O) groups is 1. The molecule has 1 aromatic heterocycles. The maximum atomic E-state index is 10.9. The Labute approximate surface area is 117 Å². The third-order valence-electron chi connectivity index (χ3n) is 3.74. The van der Waals surface area contributed by atoms with Gasteiger partial charge in [-0.25, -0.2) is 9.78 Å². The van der Waals surface area contributed by atoms with Gasteiger partial charge in [-0.05, 0) is 31.0 Å². The van der Waals surface area contributed by atoms with Crippen LogP contribution >= 0.6 is 0 Å². The highest BCUT2D eigenvalue weighted by molar-refractivity contribution is 5.92. The van der Waals surface area contributed by atoms with Gasteiger partial charge >= 0.3 is 5.97 Å². The first kappa shape index (κ1) is 13.9. The van der Waals surface area contributed by atoms with Crippen LogP contribution in [-0.4, -0.2) is 21.0 Å². The SMILES string of the molecule is O=C(O)c1ccc2nc(C3CCCCC3)[nH]c2c1.[Cl-]. The van der Waals surface area contributed by atoms with Gasteiger partial charge in [0.15, 0.2) is 0 Å². The minimum absolute atomic E-state index is 0. The maximum Gasteiger partial charge on any atom is 0.335 e. The number of carboxylic acids is 1. The Morgan fingerprint density at radius 2 is 2.00 bits per heavy atom. The molecule has 4 nitrogen and oxygen atoms in total. The van der Waals surface area contributed by atoms with E-state index in [1.165, 1.54) is 32.1 Å². The molecule has 1 saturated carbocycles. The topological polar surface area (TPSA) is 66.0 Å². The first-order chi connectivity index (χ1) is 8.74. The quantitative estimate of drug-likeness (QED) is 0.832. The molecule has 0 atom stereocenters. The molecule has 0 radical (unpaired) electrons. The molecule has 1 fully saturated rings. The predicted octanol–water partition coefficient (Wildman–Crippen LogP) is 0.313. The highest BCUT2D eigenvalue weighted by atomic mass is 35.5. The van der Waals surface area contributed by atoms with Crippen molar-refractivity contribution < 1.29 is 22.3 Å². The van der Waals surface area contributed by atoms with Crippen LogP contribution in [0.3, 0.4) is 0 Å². The summed E-state index contributed by atoms with van der Waals surface area (Å²) in [6, 6.07) is 5.05. The number of fused-ring (bicyclic) bond motifs is 1. The zero-order valence-corrected chi connectivity index (χ0v) is 11.3. The number of nitrogens with one attached hydrogen (secondary N) is 1. The van der Waals surface area contributed by atoms with Crippen LogP contribution in [0, 0.1) is 0 Å². The molecule has 1 aromatic carbocycles. The largest absolute Gasteiger partial charge is 1.00 e. The normalized spacial score (nSPS) is 16.2. The molecule has 0 amide bonds. The number of hydrogen-bond acceptors (Lipinski definition) is 2. The van der Waals surface area contributed by atoms with Crippen LogP contribution < -0.4 is 12.4 Å². The van der Waals surface area contributed by atoms with E-state index in [9.17, 15) is 4.79 Å². The molecule has 0 bridgehead atoms. The molecule has 102 valence electrons. The molecular weight excluding hydrogens is 264 g/mol. The Morgan fingerprint density at radius 1 is 1.26 bits per heavy atom. The number of imidazole rings is 1. The van der Waals surface area contributed by atoms with Crippen molar-refractivity contribution >= 4 is 17.0 Å². The summed E-state index contributed by atoms with van der Waals surface area (Å²) >= 11 is 0. The number of nitrogens with zero attached hydrogens (tertiary/aromatic N) is 1. The van der Waals surface area contributed by atoms with Crippen LogP contribution in [0.2, 0.25) is 0 Å². The van der Waals surface area contributed by atoms with Crippen LogP contribution in [0.1, 0.15) is 54.2 Å². The van der Waals surface area contributed by atoms with Crippen molar-refractivity contribution in [1.82, 2.24) is 9.97 Å². The summed E-state index contributed by atoms with van der Waals surface area (Å²) < 4.78 is 0. The lowest BCUT2D eigenvalue weighted by molar-refractivity contribution is -0.0000193. The van der Waals surface area contributed by atoms with Gasteiger partial charge in [-0.15, -0.1) is 0 Å². The average molecular weight is 280 g/mol. The second-order valence-corrected chi connectivity index (χ2v) is 4.99. The monoisotopic (exact) mass is 279 g/mol. The number of benzene rings is 1. The van der Waals surface area contributed by atoms with E-state index in [0.717, 1.165) is 16.9 Å². The molecule has 2 N–H and O–H groups in total. The molecule has 19 heavy (non-hydrogen) atoms. The van der Waals surface area contributed by atoms with Gasteiger partial charge in [-0.2, -0.15) is 0 Å². The number of aromatic nitrogens is 2. The first-order valence-electron chi connectivity index (χ1n) is 6.47. The molecule has 0 aliphatic heterocycles. The van der Waals surface area contributed by atoms with Crippen molar-refractivity contribution in [2.75, 3.05) is 0 Å². The molecular formula is C14H16ClN2O2-. The number of halogens is 1. The van der Waals surface area contributed by atoms with Gasteiger partial charge < -0.3 is 22.5 Å². The van der Waals surface area contributed by atoms with Gasteiger partial charge in [0.1, 0.15) is 5.82 Å². The van der Waals surface area contributed by atoms with E-state index < -0.39 is 5.97 Å². The standard InChI is InChI=1S/C14H16N2O2.ClH/c17-14(18)10-6-7-11-12(8-10)16-13(15-11)9-4-2-1-3-5-9;/h6-9H,1-5H2,(H,15,16)(H,17,18);1H/p-1. The molecule has 1 aliphatic rings. The number of rotatable bonds is 2. The van der Waals surface area contributed by atoms with Gasteiger partial charge in [0.05, 0.1) is 16.6 Å². The Hall–Kier alpha value is -1.55. The van der Waals surface area contributed by atoms with E-state index in [1.807, 2.05) is 0 Å². The Kier molecular flexibility index (Phi) is 4.10.